The topological polar surface area (TPSA) is 46.3 Å². The molecule has 1 aromatic rings. The summed E-state index contributed by atoms with van der Waals surface area (Å²) in [6.07, 6.45) is 6.34. The molecule has 0 saturated heterocycles. The van der Waals surface area contributed by atoms with Crippen LogP contribution in [0.4, 0.5) is 5.69 Å². The van der Waals surface area contributed by atoms with Crippen LogP contribution in [0.5, 0.6) is 0 Å². The number of amides is 1. The van der Waals surface area contributed by atoms with Gasteiger partial charge in [-0.15, -0.1) is 0 Å². The Balaban J connectivity index is 2.03. The van der Waals surface area contributed by atoms with Crippen LogP contribution in [0, 0.1) is 5.92 Å². The second-order valence-electron chi connectivity index (χ2n) is 5.43. The summed E-state index contributed by atoms with van der Waals surface area (Å²) in [5.74, 6) is 0.588. The van der Waals surface area contributed by atoms with Gasteiger partial charge in [0.25, 0.3) is 5.91 Å². The molecule has 1 aromatic carbocycles. The normalized spacial score (nSPS) is 16.3. The van der Waals surface area contributed by atoms with Crippen molar-refractivity contribution in [1.29, 1.82) is 0 Å². The smallest absolute Gasteiger partial charge is 0.255 e. The fourth-order valence-electron chi connectivity index (χ4n) is 2.75. The minimum Gasteiger partial charge on any atom is -0.399 e. The second kappa shape index (κ2) is 6.29. The highest BCUT2D eigenvalue weighted by molar-refractivity contribution is 6.33. The molecule has 1 saturated carbocycles. The zero-order chi connectivity index (χ0) is 13.8. The largest absolute Gasteiger partial charge is 0.399 e. The Hall–Kier alpha value is -1.22. The molecule has 4 heteroatoms. The maximum Gasteiger partial charge on any atom is 0.255 e. The van der Waals surface area contributed by atoms with E-state index in [1.165, 1.54) is 32.1 Å². The number of nitrogens with two attached hydrogens (primary N) is 1. The Morgan fingerprint density at radius 3 is 2.74 bits per heavy atom. The monoisotopic (exact) mass is 280 g/mol. The molecule has 104 valence electrons. The van der Waals surface area contributed by atoms with Gasteiger partial charge in [-0.3, -0.25) is 4.79 Å². The molecular weight excluding hydrogens is 260 g/mol. The quantitative estimate of drug-likeness (QED) is 0.860. The van der Waals surface area contributed by atoms with Gasteiger partial charge in [0.2, 0.25) is 0 Å². The maximum absolute atomic E-state index is 12.4. The zero-order valence-electron chi connectivity index (χ0n) is 11.4. The molecule has 0 spiro atoms. The first kappa shape index (κ1) is 14.2. The molecule has 0 aliphatic heterocycles. The van der Waals surface area contributed by atoms with E-state index in [2.05, 4.69) is 0 Å². The van der Waals surface area contributed by atoms with Crippen LogP contribution in [0.3, 0.4) is 0 Å². The Kier molecular flexibility index (Phi) is 4.70. The number of anilines is 1. The Morgan fingerprint density at radius 1 is 1.37 bits per heavy atom. The molecule has 0 heterocycles. The van der Waals surface area contributed by atoms with Gasteiger partial charge in [0, 0.05) is 19.3 Å². The summed E-state index contributed by atoms with van der Waals surface area (Å²) in [5.41, 5.74) is 6.79. The molecule has 3 nitrogen and oxygen atoms in total. The fraction of sp³-hybridized carbons (Fsp3) is 0.533. The van der Waals surface area contributed by atoms with Crippen LogP contribution in [-0.4, -0.2) is 24.4 Å². The van der Waals surface area contributed by atoms with Gasteiger partial charge in [0.1, 0.15) is 0 Å². The minimum absolute atomic E-state index is 0.0390. The SMILES string of the molecule is CN(CC1CCCCC1)C(=O)c1cc(N)ccc1Cl. The third kappa shape index (κ3) is 3.63. The van der Waals surface area contributed by atoms with Crippen molar-refractivity contribution in [2.24, 2.45) is 5.92 Å². The summed E-state index contributed by atoms with van der Waals surface area (Å²) in [6.45, 7) is 0.809. The molecule has 1 aliphatic rings. The van der Waals surface area contributed by atoms with Gasteiger partial charge < -0.3 is 10.6 Å². The third-order valence-corrected chi connectivity index (χ3v) is 4.15. The Bertz CT molecular complexity index is 455. The number of carbonyl (C=O) groups excluding carboxylic acids is 1. The molecule has 0 unspecified atom stereocenters. The van der Waals surface area contributed by atoms with Crippen molar-refractivity contribution >= 4 is 23.2 Å². The predicted octanol–water partition coefficient (Wildman–Crippen LogP) is 3.57. The minimum atomic E-state index is -0.0390. The van der Waals surface area contributed by atoms with E-state index < -0.39 is 0 Å². The van der Waals surface area contributed by atoms with Crippen molar-refractivity contribution in [1.82, 2.24) is 4.90 Å². The number of carbonyl (C=O) groups is 1. The highest BCUT2D eigenvalue weighted by atomic mass is 35.5. The number of hydrogen-bond acceptors (Lipinski definition) is 2. The number of halogens is 1. The Labute approximate surface area is 119 Å². The molecule has 1 aliphatic carbocycles. The number of nitrogens with zero attached hydrogens (tertiary/aromatic N) is 1. The van der Waals surface area contributed by atoms with Crippen LogP contribution in [0.25, 0.3) is 0 Å². The van der Waals surface area contributed by atoms with Crippen molar-refractivity contribution in [3.05, 3.63) is 28.8 Å². The fourth-order valence-corrected chi connectivity index (χ4v) is 2.95. The number of nitrogen functional groups attached to an aromatic ring is 1. The number of benzene rings is 1. The summed E-state index contributed by atoms with van der Waals surface area (Å²) < 4.78 is 0. The van der Waals surface area contributed by atoms with Crippen LogP contribution in [0.15, 0.2) is 18.2 Å². The predicted molar refractivity (Wildman–Crippen MR) is 79.4 cm³/mol. The summed E-state index contributed by atoms with van der Waals surface area (Å²) in [5, 5.41) is 0.467. The van der Waals surface area contributed by atoms with Crippen molar-refractivity contribution in [3.8, 4) is 0 Å². The second-order valence-corrected chi connectivity index (χ2v) is 5.84. The van der Waals surface area contributed by atoms with E-state index in [4.69, 9.17) is 17.3 Å². The van der Waals surface area contributed by atoms with Crippen LogP contribution in [0.2, 0.25) is 5.02 Å². The van der Waals surface area contributed by atoms with Crippen LogP contribution in [-0.2, 0) is 0 Å². The highest BCUT2D eigenvalue weighted by Crippen LogP contribution is 2.25. The summed E-state index contributed by atoms with van der Waals surface area (Å²) >= 11 is 6.07. The average molecular weight is 281 g/mol. The van der Waals surface area contributed by atoms with E-state index in [0.717, 1.165) is 6.54 Å². The van der Waals surface area contributed by atoms with E-state index in [9.17, 15) is 4.79 Å². The molecule has 1 fully saturated rings. The Morgan fingerprint density at radius 2 is 2.05 bits per heavy atom. The van der Waals surface area contributed by atoms with Gasteiger partial charge in [-0.1, -0.05) is 30.9 Å². The zero-order valence-corrected chi connectivity index (χ0v) is 12.1. The maximum atomic E-state index is 12.4. The summed E-state index contributed by atoms with van der Waals surface area (Å²) in [6, 6.07) is 5.04. The molecule has 0 radical (unpaired) electrons. The molecule has 2 N–H and O–H groups in total. The lowest BCUT2D eigenvalue weighted by molar-refractivity contribution is 0.0761. The molecule has 0 aromatic heterocycles. The van der Waals surface area contributed by atoms with Crippen LogP contribution < -0.4 is 5.73 Å². The van der Waals surface area contributed by atoms with Gasteiger partial charge in [0.05, 0.1) is 10.6 Å². The van der Waals surface area contributed by atoms with E-state index in [0.29, 0.717) is 22.2 Å². The van der Waals surface area contributed by atoms with E-state index >= 15 is 0 Å². The third-order valence-electron chi connectivity index (χ3n) is 3.82. The molecular formula is C15H21ClN2O. The summed E-state index contributed by atoms with van der Waals surface area (Å²) in [7, 11) is 1.84. The molecule has 19 heavy (non-hydrogen) atoms. The molecule has 1 amide bonds. The van der Waals surface area contributed by atoms with E-state index in [1.54, 1.807) is 23.1 Å². The highest BCUT2D eigenvalue weighted by Gasteiger charge is 2.20. The summed E-state index contributed by atoms with van der Waals surface area (Å²) in [4.78, 5) is 14.2. The molecule has 0 bridgehead atoms. The van der Waals surface area contributed by atoms with Crippen LogP contribution in [0.1, 0.15) is 42.5 Å². The van der Waals surface area contributed by atoms with Gasteiger partial charge in [-0.2, -0.15) is 0 Å². The molecule has 0 atom stereocenters. The number of rotatable bonds is 3. The average Bonchev–Trinajstić information content (AvgIpc) is 2.42. The first-order valence-corrected chi connectivity index (χ1v) is 7.26. The van der Waals surface area contributed by atoms with Crippen molar-refractivity contribution < 1.29 is 4.79 Å². The van der Waals surface area contributed by atoms with Crippen molar-refractivity contribution in [2.75, 3.05) is 19.3 Å². The standard InChI is InChI=1S/C15H21ClN2O/c1-18(10-11-5-3-2-4-6-11)15(19)13-9-12(17)7-8-14(13)16/h7-9,11H,2-6,10,17H2,1H3. The van der Waals surface area contributed by atoms with Gasteiger partial charge in [0.15, 0.2) is 0 Å². The van der Waals surface area contributed by atoms with Crippen LogP contribution >= 0.6 is 11.6 Å². The van der Waals surface area contributed by atoms with Crippen molar-refractivity contribution in [2.45, 2.75) is 32.1 Å². The lowest BCUT2D eigenvalue weighted by Gasteiger charge is -2.27. The lowest BCUT2D eigenvalue weighted by atomic mass is 9.89. The van der Waals surface area contributed by atoms with Gasteiger partial charge >= 0.3 is 0 Å². The number of hydrogen-bond donors (Lipinski definition) is 1. The first-order chi connectivity index (χ1) is 9.08. The van der Waals surface area contributed by atoms with Gasteiger partial charge in [-0.25, -0.2) is 0 Å². The van der Waals surface area contributed by atoms with E-state index in [-0.39, 0.29) is 5.91 Å². The van der Waals surface area contributed by atoms with Gasteiger partial charge in [-0.05, 0) is 37.0 Å². The molecule has 2 rings (SSSR count). The van der Waals surface area contributed by atoms with E-state index in [1.807, 2.05) is 7.05 Å². The first-order valence-electron chi connectivity index (χ1n) is 6.88. The van der Waals surface area contributed by atoms with Crippen molar-refractivity contribution in [3.63, 3.8) is 0 Å². The lowest BCUT2D eigenvalue weighted by Crippen LogP contribution is -2.32.